The number of carbonyl (C=O) groups excluding carboxylic acids is 1. The van der Waals surface area contributed by atoms with Gasteiger partial charge in [-0.25, -0.2) is 4.79 Å². The number of piperazine rings is 1. The number of likely N-dealkylation sites (N-methyl/N-ethyl adjacent to an activating group) is 1. The molecule has 0 unspecified atom stereocenters. The molecule has 0 spiro atoms. The van der Waals surface area contributed by atoms with Gasteiger partial charge in [0.1, 0.15) is 0 Å². The lowest BCUT2D eigenvalue weighted by atomic mass is 10.1. The summed E-state index contributed by atoms with van der Waals surface area (Å²) in [6.45, 7) is 2.92. The number of hydrogen-bond acceptors (Lipinski definition) is 8. The highest BCUT2D eigenvalue weighted by Crippen LogP contribution is 2.28. The van der Waals surface area contributed by atoms with E-state index in [0.29, 0.717) is 36.1 Å². The van der Waals surface area contributed by atoms with E-state index >= 15 is 0 Å². The lowest BCUT2D eigenvalue weighted by Gasteiger charge is -2.33. The van der Waals surface area contributed by atoms with Crippen molar-refractivity contribution >= 4 is 22.9 Å². The molecule has 2 aromatic heterocycles. The summed E-state index contributed by atoms with van der Waals surface area (Å²) in [5, 5.41) is 0. The molecule has 0 bridgehead atoms. The molecule has 0 aliphatic carbocycles. The number of aryl methyl sites for hydroxylation is 1. The highest BCUT2D eigenvalue weighted by Gasteiger charge is 2.26. The van der Waals surface area contributed by atoms with E-state index in [1.807, 2.05) is 11.9 Å². The predicted octanol–water partition coefficient (Wildman–Crippen LogP) is 0.0856. The number of hydrogen-bond donors (Lipinski definition) is 0. The average Bonchev–Trinajstić information content (AvgIpc) is 3.20. The Labute approximate surface area is 190 Å². The topological polar surface area (TPSA) is 104 Å². The molecule has 33 heavy (non-hydrogen) atoms. The number of fused-ring (bicyclic) bond motifs is 1. The van der Waals surface area contributed by atoms with Crippen LogP contribution >= 0.6 is 0 Å². The Morgan fingerprint density at radius 3 is 2.27 bits per heavy atom. The van der Waals surface area contributed by atoms with E-state index in [9.17, 15) is 14.4 Å². The third kappa shape index (κ3) is 3.88. The zero-order valence-corrected chi connectivity index (χ0v) is 19.5. The molecule has 1 fully saturated rings. The fourth-order valence-electron chi connectivity index (χ4n) is 4.08. The van der Waals surface area contributed by atoms with E-state index in [2.05, 4.69) is 9.88 Å². The Kier molecular flexibility index (Phi) is 5.98. The third-order valence-corrected chi connectivity index (χ3v) is 6.12. The Morgan fingerprint density at radius 2 is 1.64 bits per heavy atom. The number of nitrogens with zero attached hydrogens (tertiary/aromatic N) is 6. The largest absolute Gasteiger partial charge is 0.493 e. The number of ketones is 1. The molecule has 3 heterocycles. The number of anilines is 1. The smallest absolute Gasteiger partial charge is 0.332 e. The minimum absolute atomic E-state index is 0.110. The van der Waals surface area contributed by atoms with Crippen molar-refractivity contribution in [2.75, 3.05) is 52.3 Å². The summed E-state index contributed by atoms with van der Waals surface area (Å²) in [6.07, 6.45) is 0. The lowest BCUT2D eigenvalue weighted by Crippen LogP contribution is -2.45. The standard InChI is InChI=1S/C22H28N6O5/c1-24-8-10-27(11-9-24)21-23-19-18(20(30)26(3)22(31)25(19)2)28(21)13-15(29)14-6-7-16(32-4)17(12-14)33-5/h6-7,12H,8-11,13H2,1-5H3. The zero-order chi connectivity index (χ0) is 23.9. The number of imidazole rings is 1. The maximum atomic E-state index is 13.3. The molecule has 0 N–H and O–H groups in total. The monoisotopic (exact) mass is 456 g/mol. The van der Waals surface area contributed by atoms with Crippen molar-refractivity contribution in [3.8, 4) is 11.5 Å². The van der Waals surface area contributed by atoms with Crippen molar-refractivity contribution < 1.29 is 14.3 Å². The van der Waals surface area contributed by atoms with Crippen LogP contribution in [0.4, 0.5) is 5.95 Å². The van der Waals surface area contributed by atoms with Crippen LogP contribution in [0.3, 0.4) is 0 Å². The number of benzene rings is 1. The van der Waals surface area contributed by atoms with Crippen LogP contribution < -0.4 is 25.6 Å². The first-order valence-electron chi connectivity index (χ1n) is 10.6. The first-order valence-corrected chi connectivity index (χ1v) is 10.6. The van der Waals surface area contributed by atoms with Gasteiger partial charge in [0, 0.05) is 45.8 Å². The summed E-state index contributed by atoms with van der Waals surface area (Å²) in [5.41, 5.74) is -0.0469. The molecule has 0 radical (unpaired) electrons. The van der Waals surface area contributed by atoms with E-state index in [-0.39, 0.29) is 23.5 Å². The van der Waals surface area contributed by atoms with Gasteiger partial charge in [0.05, 0.1) is 20.8 Å². The summed E-state index contributed by atoms with van der Waals surface area (Å²) in [4.78, 5) is 47.8. The molecular weight excluding hydrogens is 428 g/mol. The van der Waals surface area contributed by atoms with Gasteiger partial charge >= 0.3 is 5.69 Å². The maximum Gasteiger partial charge on any atom is 0.332 e. The minimum atomic E-state index is -0.485. The Morgan fingerprint density at radius 1 is 0.970 bits per heavy atom. The molecular formula is C22H28N6O5. The van der Waals surface area contributed by atoms with E-state index < -0.39 is 11.2 Å². The van der Waals surface area contributed by atoms with Crippen LogP contribution in [0.25, 0.3) is 11.2 Å². The SMILES string of the molecule is COc1ccc(C(=O)Cn2c(N3CCN(C)CC3)nc3c2c(=O)n(C)c(=O)n3C)cc1OC. The number of aromatic nitrogens is 4. The zero-order valence-electron chi connectivity index (χ0n) is 19.5. The fraction of sp³-hybridized carbons (Fsp3) is 0.455. The highest BCUT2D eigenvalue weighted by molar-refractivity contribution is 5.97. The van der Waals surface area contributed by atoms with Crippen molar-refractivity contribution in [1.82, 2.24) is 23.6 Å². The number of Topliss-reactive ketones (excluding diaryl/α,β-unsaturated/α-hetero) is 1. The van der Waals surface area contributed by atoms with Crippen molar-refractivity contribution in [2.24, 2.45) is 14.1 Å². The number of ether oxygens (including phenoxy) is 2. The van der Waals surface area contributed by atoms with Crippen LogP contribution in [0.15, 0.2) is 27.8 Å². The molecule has 3 aromatic rings. The molecule has 11 heteroatoms. The molecule has 176 valence electrons. The van der Waals surface area contributed by atoms with Crippen LogP contribution in [-0.4, -0.2) is 76.8 Å². The van der Waals surface area contributed by atoms with Crippen LogP contribution in [0.5, 0.6) is 11.5 Å². The van der Waals surface area contributed by atoms with Crippen LogP contribution in [-0.2, 0) is 20.6 Å². The van der Waals surface area contributed by atoms with Gasteiger partial charge in [0.15, 0.2) is 28.4 Å². The van der Waals surface area contributed by atoms with Crippen LogP contribution in [0, 0.1) is 0 Å². The predicted molar refractivity (Wildman–Crippen MR) is 124 cm³/mol. The van der Waals surface area contributed by atoms with E-state index in [4.69, 9.17) is 9.47 Å². The molecule has 0 amide bonds. The lowest BCUT2D eigenvalue weighted by molar-refractivity contribution is 0.0973. The summed E-state index contributed by atoms with van der Waals surface area (Å²) >= 11 is 0. The summed E-state index contributed by atoms with van der Waals surface area (Å²) in [5.74, 6) is 1.24. The number of methoxy groups -OCH3 is 2. The van der Waals surface area contributed by atoms with E-state index in [1.165, 1.54) is 25.8 Å². The Balaban J connectivity index is 1.84. The van der Waals surface area contributed by atoms with Crippen molar-refractivity contribution in [1.29, 1.82) is 0 Å². The second kappa shape index (κ2) is 8.74. The molecule has 0 saturated carbocycles. The van der Waals surface area contributed by atoms with Gasteiger partial charge < -0.3 is 19.3 Å². The molecule has 1 aliphatic heterocycles. The van der Waals surface area contributed by atoms with Gasteiger partial charge in [-0.3, -0.25) is 23.3 Å². The second-order valence-corrected chi connectivity index (χ2v) is 8.16. The summed E-state index contributed by atoms with van der Waals surface area (Å²) in [7, 11) is 8.07. The first kappa shape index (κ1) is 22.6. The van der Waals surface area contributed by atoms with Gasteiger partial charge in [0.2, 0.25) is 5.95 Å². The summed E-state index contributed by atoms with van der Waals surface area (Å²) < 4.78 is 14.6. The quantitative estimate of drug-likeness (QED) is 0.481. The van der Waals surface area contributed by atoms with Gasteiger partial charge in [-0.15, -0.1) is 0 Å². The highest BCUT2D eigenvalue weighted by atomic mass is 16.5. The molecule has 1 saturated heterocycles. The first-order chi connectivity index (χ1) is 15.8. The van der Waals surface area contributed by atoms with Crippen molar-refractivity contribution in [3.05, 3.63) is 44.6 Å². The fourth-order valence-corrected chi connectivity index (χ4v) is 4.08. The summed E-state index contributed by atoms with van der Waals surface area (Å²) in [6, 6.07) is 4.94. The molecule has 4 rings (SSSR count). The maximum absolute atomic E-state index is 13.3. The molecule has 0 atom stereocenters. The molecule has 11 nitrogen and oxygen atoms in total. The van der Waals surface area contributed by atoms with Gasteiger partial charge in [-0.1, -0.05) is 0 Å². The van der Waals surface area contributed by atoms with Crippen LogP contribution in [0.1, 0.15) is 10.4 Å². The normalized spacial score (nSPS) is 14.6. The minimum Gasteiger partial charge on any atom is -0.493 e. The van der Waals surface area contributed by atoms with Gasteiger partial charge in [-0.2, -0.15) is 4.98 Å². The van der Waals surface area contributed by atoms with Crippen molar-refractivity contribution in [3.63, 3.8) is 0 Å². The van der Waals surface area contributed by atoms with Gasteiger partial charge in [-0.05, 0) is 25.2 Å². The van der Waals surface area contributed by atoms with E-state index in [0.717, 1.165) is 17.7 Å². The van der Waals surface area contributed by atoms with E-state index in [1.54, 1.807) is 29.8 Å². The van der Waals surface area contributed by atoms with Crippen molar-refractivity contribution in [2.45, 2.75) is 6.54 Å². The number of carbonyl (C=O) groups is 1. The van der Waals surface area contributed by atoms with Gasteiger partial charge in [0.25, 0.3) is 5.56 Å². The Hall–Kier alpha value is -3.60. The third-order valence-electron chi connectivity index (χ3n) is 6.12. The van der Waals surface area contributed by atoms with Crippen LogP contribution in [0.2, 0.25) is 0 Å². The molecule has 1 aromatic carbocycles. The number of rotatable bonds is 6. The second-order valence-electron chi connectivity index (χ2n) is 8.16. The average molecular weight is 457 g/mol. The molecule has 1 aliphatic rings. The Bertz CT molecular complexity index is 1330.